The zero-order valence-corrected chi connectivity index (χ0v) is 21.2. The van der Waals surface area contributed by atoms with E-state index in [4.69, 9.17) is 29.9 Å². The molecule has 0 N–H and O–H groups in total. The molecule has 0 aliphatic carbocycles. The van der Waals surface area contributed by atoms with Crippen molar-refractivity contribution in [3.05, 3.63) is 76.6 Å². The molecule has 3 heterocycles. The number of aromatic nitrogens is 1. The van der Waals surface area contributed by atoms with Gasteiger partial charge in [0.15, 0.2) is 5.58 Å². The van der Waals surface area contributed by atoms with Crippen molar-refractivity contribution in [2.75, 3.05) is 0 Å². The third-order valence-electron chi connectivity index (χ3n) is 5.94. The monoisotopic (exact) mass is 489 g/mol. The minimum absolute atomic E-state index is 0.0312. The first-order chi connectivity index (χ1) is 17.9. The second kappa shape index (κ2) is 12.1. The summed E-state index contributed by atoms with van der Waals surface area (Å²) in [6.45, 7) is 10.2. The molecule has 3 aromatic rings. The van der Waals surface area contributed by atoms with Gasteiger partial charge in [-0.1, -0.05) is 18.7 Å². The molecule has 0 aliphatic rings. The molecule has 0 amide bonds. The highest BCUT2D eigenvalue weighted by Crippen LogP contribution is 2.35. The molecule has 7 heteroatoms. The Morgan fingerprint density at radius 2 is 1.70 bits per heavy atom. The molecule has 0 spiro atoms. The highest BCUT2D eigenvalue weighted by atomic mass is 16.3. The van der Waals surface area contributed by atoms with Gasteiger partial charge in [-0.3, -0.25) is 0 Å². The van der Waals surface area contributed by atoms with Crippen molar-refractivity contribution in [2.45, 2.75) is 52.5 Å². The van der Waals surface area contributed by atoms with E-state index >= 15 is 0 Å². The number of hydrogen-bond acceptors (Lipinski definition) is 6. The van der Waals surface area contributed by atoms with E-state index < -0.39 is 0 Å². The van der Waals surface area contributed by atoms with Crippen molar-refractivity contribution < 1.29 is 8.83 Å². The second-order valence-electron chi connectivity index (χ2n) is 8.78. The third kappa shape index (κ3) is 5.99. The predicted molar refractivity (Wildman–Crippen MR) is 142 cm³/mol. The van der Waals surface area contributed by atoms with E-state index in [0.29, 0.717) is 17.9 Å². The quantitative estimate of drug-likeness (QED) is 0.164. The number of nitrogens with zero attached hydrogens (tertiary/aromatic N) is 5. The van der Waals surface area contributed by atoms with Crippen LogP contribution in [0.5, 0.6) is 0 Å². The molecule has 3 aromatic heterocycles. The lowest BCUT2D eigenvalue weighted by Gasteiger charge is -2.13. The van der Waals surface area contributed by atoms with Gasteiger partial charge in [0.25, 0.3) is 0 Å². The predicted octanol–water partition coefficient (Wildman–Crippen LogP) is 7.56. The lowest BCUT2D eigenvalue weighted by atomic mass is 10.1. The molecule has 0 atom stereocenters. The molecular weight excluding hydrogens is 462 g/mol. The maximum atomic E-state index is 8.99. The van der Waals surface area contributed by atoms with E-state index in [2.05, 4.69) is 31.1 Å². The van der Waals surface area contributed by atoms with Crippen LogP contribution in [-0.2, 0) is 6.42 Å². The van der Waals surface area contributed by atoms with Crippen LogP contribution in [0, 0.1) is 52.2 Å². The van der Waals surface area contributed by atoms with E-state index in [0.717, 1.165) is 53.0 Å². The minimum atomic E-state index is -0.0312. The highest BCUT2D eigenvalue weighted by Gasteiger charge is 2.20. The van der Waals surface area contributed by atoms with Crippen LogP contribution in [0.3, 0.4) is 0 Å². The number of rotatable bonds is 10. The van der Waals surface area contributed by atoms with Crippen molar-refractivity contribution in [1.82, 2.24) is 4.57 Å². The Hall–Kier alpha value is -4.98. The minimum Gasteiger partial charge on any atom is -0.459 e. The molecule has 0 bridgehead atoms. The number of fused-ring (bicyclic) bond motifs is 1. The number of hydrogen-bond donors (Lipinski definition) is 0. The second-order valence-corrected chi connectivity index (χ2v) is 8.78. The van der Waals surface area contributed by atoms with E-state index in [-0.39, 0.29) is 17.2 Å². The van der Waals surface area contributed by atoms with Gasteiger partial charge in [-0.15, -0.1) is 0 Å². The maximum Gasteiger partial charge on any atom is 0.155 e. The van der Waals surface area contributed by atoms with E-state index in [1.54, 1.807) is 24.3 Å². The maximum absolute atomic E-state index is 8.99. The smallest absolute Gasteiger partial charge is 0.155 e. The standard InChI is InChI=1S/C30H27N5O2/c1-5-24(29-12-11-26(36-29)13-23(18-33)19-34)14-27-21(4)30-28(35(27)20(2)3)15-25(37-30)10-8-6-7-9-22(16-31)17-32/h5,9,11-15,20H,1,6-8,10H2,2-4H3/b24-14+. The van der Waals surface area contributed by atoms with Crippen LogP contribution in [0.2, 0.25) is 0 Å². The van der Waals surface area contributed by atoms with Crippen molar-refractivity contribution in [1.29, 1.82) is 21.0 Å². The Bertz CT molecular complexity index is 1540. The lowest BCUT2D eigenvalue weighted by molar-refractivity contribution is 0.532. The molecule has 0 aliphatic heterocycles. The van der Waals surface area contributed by atoms with Gasteiger partial charge in [0, 0.05) is 41.4 Å². The normalized spacial score (nSPS) is 10.9. The Morgan fingerprint density at radius 3 is 2.32 bits per heavy atom. The first kappa shape index (κ1) is 26.6. The van der Waals surface area contributed by atoms with E-state index in [9.17, 15) is 0 Å². The zero-order valence-electron chi connectivity index (χ0n) is 21.2. The Balaban J connectivity index is 1.89. The van der Waals surface area contributed by atoms with Crippen LogP contribution >= 0.6 is 0 Å². The summed E-state index contributed by atoms with van der Waals surface area (Å²) in [6, 6.07) is 13.2. The van der Waals surface area contributed by atoms with Crippen LogP contribution in [0.25, 0.3) is 28.8 Å². The molecule has 0 saturated carbocycles. The van der Waals surface area contributed by atoms with Gasteiger partial charge in [0.05, 0.1) is 5.52 Å². The van der Waals surface area contributed by atoms with Crippen LogP contribution in [0.4, 0.5) is 0 Å². The summed E-state index contributed by atoms with van der Waals surface area (Å²) in [5.41, 5.74) is 4.74. The molecule has 0 aromatic carbocycles. The van der Waals surface area contributed by atoms with Crippen molar-refractivity contribution in [2.24, 2.45) is 0 Å². The van der Waals surface area contributed by atoms with Crippen LogP contribution in [0.15, 0.2) is 56.9 Å². The fraction of sp³-hybridized carbons (Fsp3) is 0.267. The molecule has 0 radical (unpaired) electrons. The van der Waals surface area contributed by atoms with Gasteiger partial charge >= 0.3 is 0 Å². The molecule has 0 unspecified atom stereocenters. The average Bonchev–Trinajstić information content (AvgIpc) is 3.59. The number of allylic oxidation sites excluding steroid dienone is 5. The molecule has 184 valence electrons. The summed E-state index contributed by atoms with van der Waals surface area (Å²) < 4.78 is 14.3. The van der Waals surface area contributed by atoms with Crippen molar-refractivity contribution >= 4 is 28.8 Å². The van der Waals surface area contributed by atoms with Crippen LogP contribution in [-0.4, -0.2) is 4.57 Å². The molecule has 0 fully saturated rings. The molecule has 37 heavy (non-hydrogen) atoms. The van der Waals surface area contributed by atoms with Gasteiger partial charge in [0.1, 0.15) is 52.7 Å². The zero-order chi connectivity index (χ0) is 26.9. The summed E-state index contributed by atoms with van der Waals surface area (Å²) in [4.78, 5) is 0. The van der Waals surface area contributed by atoms with Gasteiger partial charge in [-0.05, 0) is 58.2 Å². The fourth-order valence-electron chi connectivity index (χ4n) is 4.16. The largest absolute Gasteiger partial charge is 0.459 e. The fourth-order valence-corrected chi connectivity index (χ4v) is 4.16. The van der Waals surface area contributed by atoms with Gasteiger partial charge in [0.2, 0.25) is 0 Å². The topological polar surface area (TPSA) is 126 Å². The first-order valence-electron chi connectivity index (χ1n) is 12.0. The SMILES string of the molecule is C=C/C(=C\c1c(C)c2oc(CCCCC=C(C#N)C#N)cc2n1C(C)C)c1ccc(C=C(C#N)C#N)o1. The van der Waals surface area contributed by atoms with Crippen LogP contribution < -0.4 is 0 Å². The van der Waals surface area contributed by atoms with Crippen molar-refractivity contribution in [3.63, 3.8) is 0 Å². The third-order valence-corrected chi connectivity index (χ3v) is 5.94. The Kier molecular flexibility index (Phi) is 8.72. The number of nitriles is 4. The summed E-state index contributed by atoms with van der Waals surface area (Å²) in [7, 11) is 0. The van der Waals surface area contributed by atoms with E-state index in [1.165, 1.54) is 6.08 Å². The van der Waals surface area contributed by atoms with Gasteiger partial charge < -0.3 is 13.4 Å². The molecular formula is C30H27N5O2. The number of aryl methyl sites for hydroxylation is 2. The summed E-state index contributed by atoms with van der Waals surface area (Å²) in [5, 5.41) is 35.6. The Labute approximate surface area is 216 Å². The Morgan fingerprint density at radius 1 is 1.00 bits per heavy atom. The molecule has 7 nitrogen and oxygen atoms in total. The van der Waals surface area contributed by atoms with Crippen LogP contribution in [0.1, 0.15) is 67.7 Å². The molecule has 3 rings (SSSR count). The number of unbranched alkanes of at least 4 members (excludes halogenated alkanes) is 2. The lowest BCUT2D eigenvalue weighted by Crippen LogP contribution is -2.03. The molecule has 0 saturated heterocycles. The summed E-state index contributed by atoms with van der Waals surface area (Å²) in [6.07, 6.45) is 10.0. The highest BCUT2D eigenvalue weighted by molar-refractivity contribution is 5.91. The van der Waals surface area contributed by atoms with Gasteiger partial charge in [-0.2, -0.15) is 21.0 Å². The number of furan rings is 2. The summed E-state index contributed by atoms with van der Waals surface area (Å²) in [5.74, 6) is 1.90. The van der Waals surface area contributed by atoms with Crippen molar-refractivity contribution in [3.8, 4) is 24.3 Å². The first-order valence-corrected chi connectivity index (χ1v) is 12.0. The van der Waals surface area contributed by atoms with E-state index in [1.807, 2.05) is 37.3 Å². The van der Waals surface area contributed by atoms with Gasteiger partial charge in [-0.25, -0.2) is 0 Å². The average molecular weight is 490 g/mol. The summed E-state index contributed by atoms with van der Waals surface area (Å²) >= 11 is 0.